The molecule has 3 nitrogen and oxygen atoms in total. The number of hydrogen-bond donors (Lipinski definition) is 1. The molecule has 0 atom stereocenters. The molecular weight excluding hydrogens is 426 g/mol. The van der Waals surface area contributed by atoms with Gasteiger partial charge in [-0.25, -0.2) is 0 Å². The Kier molecular flexibility index (Phi) is 6.34. The first-order chi connectivity index (χ1) is 17.3. The van der Waals surface area contributed by atoms with E-state index in [1.807, 2.05) is 115 Å². The third-order valence-electron chi connectivity index (χ3n) is 5.67. The predicted molar refractivity (Wildman–Crippen MR) is 143 cm³/mol. The van der Waals surface area contributed by atoms with Gasteiger partial charge in [-0.2, -0.15) is 5.26 Å². The van der Waals surface area contributed by atoms with E-state index in [1.54, 1.807) is 6.21 Å². The Morgan fingerprint density at radius 2 is 1.43 bits per heavy atom. The molecule has 1 aliphatic heterocycles. The van der Waals surface area contributed by atoms with Crippen molar-refractivity contribution in [3.8, 4) is 17.9 Å². The Morgan fingerprint density at radius 3 is 1.97 bits per heavy atom. The van der Waals surface area contributed by atoms with Gasteiger partial charge in [0.2, 0.25) is 0 Å². The molecule has 3 aromatic carbocycles. The molecule has 164 valence electrons. The van der Waals surface area contributed by atoms with Crippen molar-refractivity contribution in [3.05, 3.63) is 149 Å². The average Bonchev–Trinajstić information content (AvgIpc) is 3.65. The lowest BCUT2D eigenvalue weighted by Crippen LogP contribution is -1.94. The number of rotatable bonds is 4. The van der Waals surface area contributed by atoms with Crippen LogP contribution in [0.2, 0.25) is 0 Å². The number of hydrogen-bond acceptors (Lipinski definition) is 2. The van der Waals surface area contributed by atoms with E-state index in [0.29, 0.717) is 5.57 Å². The molecule has 35 heavy (non-hydrogen) atoms. The molecule has 0 unspecified atom stereocenters. The van der Waals surface area contributed by atoms with Crippen LogP contribution < -0.4 is 0 Å². The highest BCUT2D eigenvalue weighted by Crippen LogP contribution is 2.32. The van der Waals surface area contributed by atoms with Crippen LogP contribution in [0.1, 0.15) is 27.9 Å². The highest BCUT2D eigenvalue weighted by Gasteiger charge is 2.14. The molecule has 0 spiro atoms. The standard InChI is InChI=1S/C32H21N3/c33-23-29(32(26-9-3-1-4-10-26)27-11-5-2-6-12-27)25-18-15-24(16-19-25)17-20-28(30-13-7-21-34-30)31-14-8-22-35-31/h1-16,18-19,21-22,34H/b31-28+. The van der Waals surface area contributed by atoms with E-state index in [4.69, 9.17) is 0 Å². The topological polar surface area (TPSA) is 51.9 Å². The van der Waals surface area contributed by atoms with Gasteiger partial charge in [0.1, 0.15) is 6.07 Å². The molecule has 0 fully saturated rings. The lowest BCUT2D eigenvalue weighted by atomic mass is 9.90. The Balaban J connectivity index is 1.54. The van der Waals surface area contributed by atoms with Crippen molar-refractivity contribution >= 4 is 22.9 Å². The maximum absolute atomic E-state index is 10.2. The quantitative estimate of drug-likeness (QED) is 0.206. The molecule has 0 saturated heterocycles. The number of nitriles is 1. The summed E-state index contributed by atoms with van der Waals surface area (Å²) in [6.07, 6.45) is 7.50. The maximum atomic E-state index is 10.2. The van der Waals surface area contributed by atoms with Crippen LogP contribution >= 0.6 is 0 Å². The highest BCUT2D eigenvalue weighted by molar-refractivity contribution is 6.03. The summed E-state index contributed by atoms with van der Waals surface area (Å²) in [5.74, 6) is 6.53. The van der Waals surface area contributed by atoms with Crippen molar-refractivity contribution in [2.24, 2.45) is 4.99 Å². The number of nitrogens with zero attached hydrogens (tertiary/aromatic N) is 2. The van der Waals surface area contributed by atoms with Crippen molar-refractivity contribution in [1.82, 2.24) is 4.98 Å². The second-order valence-corrected chi connectivity index (χ2v) is 7.90. The van der Waals surface area contributed by atoms with E-state index in [1.165, 1.54) is 0 Å². The minimum absolute atomic E-state index is 0.626. The molecule has 0 bridgehead atoms. The summed E-state index contributed by atoms with van der Waals surface area (Å²) in [6.45, 7) is 0. The van der Waals surface area contributed by atoms with Crippen LogP contribution in [0.25, 0.3) is 16.7 Å². The first-order valence-corrected chi connectivity index (χ1v) is 11.3. The van der Waals surface area contributed by atoms with Crippen LogP contribution in [-0.4, -0.2) is 11.2 Å². The van der Waals surface area contributed by atoms with Gasteiger partial charge in [0.25, 0.3) is 0 Å². The van der Waals surface area contributed by atoms with Gasteiger partial charge in [-0.1, -0.05) is 84.6 Å². The van der Waals surface area contributed by atoms with Gasteiger partial charge in [0.15, 0.2) is 0 Å². The molecule has 3 heteroatoms. The molecule has 5 rings (SSSR count). The van der Waals surface area contributed by atoms with Crippen molar-refractivity contribution in [2.45, 2.75) is 0 Å². The number of H-pyrrole nitrogens is 1. The second-order valence-electron chi connectivity index (χ2n) is 7.90. The fraction of sp³-hybridized carbons (Fsp3) is 0. The normalized spacial score (nSPS) is 13.0. The first-order valence-electron chi connectivity index (χ1n) is 11.3. The van der Waals surface area contributed by atoms with Gasteiger partial charge >= 0.3 is 0 Å². The molecule has 1 aliphatic rings. The van der Waals surface area contributed by atoms with Crippen molar-refractivity contribution in [2.75, 3.05) is 0 Å². The summed E-state index contributed by atoms with van der Waals surface area (Å²) in [4.78, 5) is 7.62. The number of benzene rings is 3. The van der Waals surface area contributed by atoms with E-state index in [2.05, 4.69) is 27.9 Å². The molecule has 1 N–H and O–H groups in total. The predicted octanol–water partition coefficient (Wildman–Crippen LogP) is 6.90. The average molecular weight is 448 g/mol. The Morgan fingerprint density at radius 1 is 0.743 bits per heavy atom. The van der Waals surface area contributed by atoms with E-state index in [0.717, 1.165) is 44.8 Å². The van der Waals surface area contributed by atoms with E-state index >= 15 is 0 Å². The largest absolute Gasteiger partial charge is 0.361 e. The summed E-state index contributed by atoms with van der Waals surface area (Å²) >= 11 is 0. The Hall–Kier alpha value is -5.12. The lowest BCUT2D eigenvalue weighted by Gasteiger charge is -2.12. The monoisotopic (exact) mass is 447 g/mol. The van der Waals surface area contributed by atoms with Crippen molar-refractivity contribution in [1.29, 1.82) is 5.26 Å². The van der Waals surface area contributed by atoms with Gasteiger partial charge in [0, 0.05) is 23.5 Å². The number of allylic oxidation sites excluding steroid dienone is 4. The maximum Gasteiger partial charge on any atom is 0.100 e. The zero-order valence-electron chi connectivity index (χ0n) is 18.9. The number of aromatic amines is 1. The molecular formula is C32H21N3. The van der Waals surface area contributed by atoms with Crippen LogP contribution in [-0.2, 0) is 0 Å². The molecule has 0 amide bonds. The first kappa shape index (κ1) is 21.7. The van der Waals surface area contributed by atoms with E-state index < -0.39 is 0 Å². The number of aliphatic imine (C=N–C) groups is 1. The minimum atomic E-state index is 0.626. The lowest BCUT2D eigenvalue weighted by molar-refractivity contribution is 1.34. The van der Waals surface area contributed by atoms with E-state index in [-0.39, 0.29) is 0 Å². The van der Waals surface area contributed by atoms with Gasteiger partial charge in [-0.3, -0.25) is 4.99 Å². The van der Waals surface area contributed by atoms with Gasteiger partial charge in [0.05, 0.1) is 22.5 Å². The van der Waals surface area contributed by atoms with E-state index in [9.17, 15) is 5.26 Å². The molecule has 2 heterocycles. The summed E-state index contributed by atoms with van der Waals surface area (Å²) < 4.78 is 0. The van der Waals surface area contributed by atoms with Crippen LogP contribution in [0.3, 0.4) is 0 Å². The summed E-state index contributed by atoms with van der Waals surface area (Å²) in [7, 11) is 0. The number of nitrogens with one attached hydrogen (secondary N) is 1. The summed E-state index contributed by atoms with van der Waals surface area (Å²) in [5.41, 5.74) is 7.88. The summed E-state index contributed by atoms with van der Waals surface area (Å²) in [5, 5.41) is 10.2. The fourth-order valence-electron chi connectivity index (χ4n) is 3.99. The fourth-order valence-corrected chi connectivity index (χ4v) is 3.99. The van der Waals surface area contributed by atoms with Gasteiger partial charge in [-0.15, -0.1) is 0 Å². The Labute approximate surface area is 205 Å². The van der Waals surface area contributed by atoms with Crippen LogP contribution in [0.15, 0.2) is 126 Å². The molecule has 0 radical (unpaired) electrons. The van der Waals surface area contributed by atoms with Crippen LogP contribution in [0.4, 0.5) is 0 Å². The van der Waals surface area contributed by atoms with Gasteiger partial charge in [-0.05, 0) is 53.1 Å². The zero-order valence-corrected chi connectivity index (χ0v) is 18.9. The third kappa shape index (κ3) is 4.81. The summed E-state index contributed by atoms with van der Waals surface area (Å²) in [6, 6.07) is 34.3. The molecule has 1 aromatic heterocycles. The van der Waals surface area contributed by atoms with Gasteiger partial charge < -0.3 is 4.98 Å². The SMILES string of the molecule is N#CC(=C(c1ccccc1)c1ccccc1)c1ccc(C#C/C(=C2/C=CC=N2)c2ccc[nH]2)cc1. The van der Waals surface area contributed by atoms with Crippen molar-refractivity contribution < 1.29 is 0 Å². The van der Waals surface area contributed by atoms with Crippen LogP contribution in [0.5, 0.6) is 0 Å². The highest BCUT2D eigenvalue weighted by atomic mass is 14.8. The Bertz CT molecular complexity index is 1490. The zero-order chi connectivity index (χ0) is 23.9. The smallest absolute Gasteiger partial charge is 0.100 e. The third-order valence-corrected chi connectivity index (χ3v) is 5.67. The van der Waals surface area contributed by atoms with Crippen molar-refractivity contribution in [3.63, 3.8) is 0 Å². The number of aromatic nitrogens is 1. The van der Waals surface area contributed by atoms with Crippen LogP contribution in [0, 0.1) is 23.2 Å². The second kappa shape index (κ2) is 10.2. The molecule has 0 saturated carbocycles. The molecule has 0 aliphatic carbocycles. The minimum Gasteiger partial charge on any atom is -0.361 e. The molecule has 4 aromatic rings.